The number of rotatable bonds is 2. The number of methoxy groups -OCH3 is 1. The minimum absolute atomic E-state index is 0.191. The van der Waals surface area contributed by atoms with Crippen LogP contribution >= 0.6 is 0 Å². The van der Waals surface area contributed by atoms with Gasteiger partial charge in [-0.25, -0.2) is 4.79 Å². The second-order valence-electron chi connectivity index (χ2n) is 2.94. The zero-order valence-corrected chi connectivity index (χ0v) is 7.52. The Morgan fingerprint density at radius 1 is 1.62 bits per heavy atom. The van der Waals surface area contributed by atoms with Crippen molar-refractivity contribution in [3.05, 3.63) is 0 Å². The molecule has 5 heteroatoms. The van der Waals surface area contributed by atoms with Crippen LogP contribution in [-0.4, -0.2) is 41.8 Å². The molecule has 1 unspecified atom stereocenters. The number of aliphatic hydroxyl groups excluding tert-OH is 1. The van der Waals surface area contributed by atoms with Crippen LogP contribution in [0.3, 0.4) is 0 Å². The predicted molar refractivity (Wildman–Crippen MR) is 43.6 cm³/mol. The summed E-state index contributed by atoms with van der Waals surface area (Å²) in [5, 5.41) is 9.34. The largest absolute Gasteiger partial charge is 0.466 e. The third-order valence-electron chi connectivity index (χ3n) is 2.07. The highest BCUT2D eigenvalue weighted by atomic mass is 16.5. The number of esters is 1. The molecule has 1 saturated heterocycles. The van der Waals surface area contributed by atoms with E-state index in [0.717, 1.165) is 17.7 Å². The van der Waals surface area contributed by atoms with Crippen molar-refractivity contribution in [2.45, 2.75) is 25.5 Å². The van der Waals surface area contributed by atoms with Crippen molar-refractivity contribution in [2.75, 3.05) is 13.7 Å². The summed E-state index contributed by atoms with van der Waals surface area (Å²) >= 11 is 0. The number of aliphatic hydroxyl groups is 1. The topological polar surface area (TPSA) is 66.8 Å². The van der Waals surface area contributed by atoms with Crippen LogP contribution in [0.25, 0.3) is 0 Å². The third kappa shape index (κ3) is 2.18. The molecule has 13 heavy (non-hydrogen) atoms. The van der Waals surface area contributed by atoms with Gasteiger partial charge in [-0.2, -0.15) is 0 Å². The standard InChI is InChI=1S/C8H13NO4/c1-13-8(12)7(11)9-5-3-2-4-6(9)10/h7,11H,2-5H2,1H3. The molecule has 1 aliphatic heterocycles. The number of amides is 1. The molecule has 1 amide bonds. The van der Waals surface area contributed by atoms with Crippen molar-refractivity contribution in [2.24, 2.45) is 0 Å². The maximum absolute atomic E-state index is 11.2. The number of carbonyl (C=O) groups excluding carboxylic acids is 2. The molecular weight excluding hydrogens is 174 g/mol. The van der Waals surface area contributed by atoms with Gasteiger partial charge in [0, 0.05) is 13.0 Å². The van der Waals surface area contributed by atoms with Crippen molar-refractivity contribution >= 4 is 11.9 Å². The maximum atomic E-state index is 11.2. The fourth-order valence-corrected chi connectivity index (χ4v) is 1.32. The van der Waals surface area contributed by atoms with E-state index in [4.69, 9.17) is 0 Å². The van der Waals surface area contributed by atoms with Crippen LogP contribution in [0.15, 0.2) is 0 Å². The molecule has 1 fully saturated rings. The molecule has 0 aromatic carbocycles. The molecule has 1 rings (SSSR count). The van der Waals surface area contributed by atoms with E-state index < -0.39 is 12.2 Å². The highest BCUT2D eigenvalue weighted by molar-refractivity contribution is 5.83. The summed E-state index contributed by atoms with van der Waals surface area (Å²) in [7, 11) is 1.18. The Kier molecular flexibility index (Phi) is 3.25. The Balaban J connectivity index is 2.58. The molecule has 74 valence electrons. The Morgan fingerprint density at radius 2 is 2.31 bits per heavy atom. The van der Waals surface area contributed by atoms with Crippen LogP contribution in [0.4, 0.5) is 0 Å². The number of nitrogens with zero attached hydrogens (tertiary/aromatic N) is 1. The maximum Gasteiger partial charge on any atom is 0.356 e. The summed E-state index contributed by atoms with van der Waals surface area (Å²) < 4.78 is 4.33. The first-order chi connectivity index (χ1) is 6.16. The van der Waals surface area contributed by atoms with Crippen molar-refractivity contribution in [3.8, 4) is 0 Å². The normalized spacial score (nSPS) is 19.8. The number of ether oxygens (including phenoxy) is 1. The van der Waals surface area contributed by atoms with Crippen molar-refractivity contribution in [1.29, 1.82) is 0 Å². The monoisotopic (exact) mass is 187 g/mol. The zero-order chi connectivity index (χ0) is 9.84. The summed E-state index contributed by atoms with van der Waals surface area (Å²) in [4.78, 5) is 23.3. The Labute approximate surface area is 76.3 Å². The van der Waals surface area contributed by atoms with Crippen LogP contribution in [0.2, 0.25) is 0 Å². The van der Waals surface area contributed by atoms with Crippen LogP contribution in [0.1, 0.15) is 19.3 Å². The van der Waals surface area contributed by atoms with E-state index in [0.29, 0.717) is 13.0 Å². The summed E-state index contributed by atoms with van der Waals surface area (Å²) in [5.41, 5.74) is 0. The first kappa shape index (κ1) is 9.98. The van der Waals surface area contributed by atoms with E-state index >= 15 is 0 Å². The van der Waals surface area contributed by atoms with Gasteiger partial charge in [-0.05, 0) is 12.8 Å². The minimum Gasteiger partial charge on any atom is -0.466 e. The van der Waals surface area contributed by atoms with Crippen LogP contribution < -0.4 is 0 Å². The minimum atomic E-state index is -1.43. The number of hydrogen-bond acceptors (Lipinski definition) is 4. The number of piperidine rings is 1. The van der Waals surface area contributed by atoms with E-state index in [-0.39, 0.29) is 5.91 Å². The summed E-state index contributed by atoms with van der Waals surface area (Å²) in [6, 6.07) is 0. The average molecular weight is 187 g/mol. The molecule has 0 aliphatic carbocycles. The number of likely N-dealkylation sites (tertiary alicyclic amines) is 1. The predicted octanol–water partition coefficient (Wildman–Crippen LogP) is -0.510. The first-order valence-electron chi connectivity index (χ1n) is 4.22. The molecule has 1 atom stereocenters. The van der Waals surface area contributed by atoms with Gasteiger partial charge < -0.3 is 14.7 Å². The van der Waals surface area contributed by atoms with Crippen molar-refractivity contribution in [1.82, 2.24) is 4.90 Å². The molecule has 0 radical (unpaired) electrons. The molecule has 0 aromatic rings. The lowest BCUT2D eigenvalue weighted by atomic mass is 10.1. The lowest BCUT2D eigenvalue weighted by Crippen LogP contribution is -2.47. The van der Waals surface area contributed by atoms with Gasteiger partial charge >= 0.3 is 5.97 Å². The van der Waals surface area contributed by atoms with Crippen LogP contribution in [0, 0.1) is 0 Å². The van der Waals surface area contributed by atoms with Gasteiger partial charge in [-0.3, -0.25) is 4.79 Å². The van der Waals surface area contributed by atoms with E-state index in [2.05, 4.69) is 4.74 Å². The lowest BCUT2D eigenvalue weighted by Gasteiger charge is -2.29. The van der Waals surface area contributed by atoms with E-state index in [1.54, 1.807) is 0 Å². The van der Waals surface area contributed by atoms with Gasteiger partial charge in [0.05, 0.1) is 7.11 Å². The molecule has 0 bridgehead atoms. The second-order valence-corrected chi connectivity index (χ2v) is 2.94. The van der Waals surface area contributed by atoms with Crippen LogP contribution in [0.5, 0.6) is 0 Å². The number of carbonyl (C=O) groups is 2. The van der Waals surface area contributed by atoms with E-state index in [1.807, 2.05) is 0 Å². The molecule has 1 aliphatic rings. The zero-order valence-electron chi connectivity index (χ0n) is 7.52. The quantitative estimate of drug-likeness (QED) is 0.591. The molecule has 0 spiro atoms. The second kappa shape index (κ2) is 4.23. The summed E-state index contributed by atoms with van der Waals surface area (Å²) in [6.45, 7) is 0.426. The van der Waals surface area contributed by atoms with Gasteiger partial charge in [-0.1, -0.05) is 0 Å². The first-order valence-corrected chi connectivity index (χ1v) is 4.22. The Hall–Kier alpha value is -1.10. The lowest BCUT2D eigenvalue weighted by molar-refractivity contribution is -0.169. The average Bonchev–Trinajstić information content (AvgIpc) is 2.16. The third-order valence-corrected chi connectivity index (χ3v) is 2.07. The van der Waals surface area contributed by atoms with Gasteiger partial charge in [0.1, 0.15) is 0 Å². The highest BCUT2D eigenvalue weighted by Crippen LogP contribution is 2.13. The smallest absolute Gasteiger partial charge is 0.356 e. The number of hydrogen-bond donors (Lipinski definition) is 1. The molecular formula is C8H13NO4. The van der Waals surface area contributed by atoms with Crippen molar-refractivity contribution < 1.29 is 19.4 Å². The Morgan fingerprint density at radius 3 is 2.85 bits per heavy atom. The van der Waals surface area contributed by atoms with Gasteiger partial charge in [0.25, 0.3) is 0 Å². The van der Waals surface area contributed by atoms with Gasteiger partial charge in [0.2, 0.25) is 12.1 Å². The van der Waals surface area contributed by atoms with Crippen molar-refractivity contribution in [3.63, 3.8) is 0 Å². The summed E-state index contributed by atoms with van der Waals surface area (Å²) in [5.74, 6) is -0.973. The molecule has 1 N–H and O–H groups in total. The molecule has 0 aromatic heterocycles. The SMILES string of the molecule is COC(=O)C(O)N1CCCCC1=O. The molecule has 0 saturated carbocycles. The van der Waals surface area contributed by atoms with Gasteiger partial charge in [-0.15, -0.1) is 0 Å². The Bertz CT molecular complexity index is 216. The summed E-state index contributed by atoms with van der Waals surface area (Å²) in [6.07, 6.45) is 0.606. The highest BCUT2D eigenvalue weighted by Gasteiger charge is 2.29. The molecule has 1 heterocycles. The van der Waals surface area contributed by atoms with E-state index in [9.17, 15) is 14.7 Å². The van der Waals surface area contributed by atoms with Gasteiger partial charge in [0.15, 0.2) is 0 Å². The fourth-order valence-electron chi connectivity index (χ4n) is 1.32. The molecule has 5 nitrogen and oxygen atoms in total. The van der Waals surface area contributed by atoms with E-state index in [1.165, 1.54) is 7.11 Å². The fraction of sp³-hybridized carbons (Fsp3) is 0.750. The van der Waals surface area contributed by atoms with Crippen LogP contribution in [-0.2, 0) is 14.3 Å².